The van der Waals surface area contributed by atoms with Crippen LogP contribution in [0.25, 0.3) is 0 Å². The van der Waals surface area contributed by atoms with Gasteiger partial charge in [-0.15, -0.1) is 11.3 Å². The molecule has 0 radical (unpaired) electrons. The van der Waals surface area contributed by atoms with Crippen LogP contribution in [0, 0.1) is 12.7 Å². The Hall–Kier alpha value is -1.26. The van der Waals surface area contributed by atoms with E-state index in [9.17, 15) is 4.39 Å². The summed E-state index contributed by atoms with van der Waals surface area (Å²) in [4.78, 5) is 5.15. The molecule has 1 unspecified atom stereocenters. The SMILES string of the molecule is Cc1sccc1C(N)c1ccc(F)cn1. The quantitative estimate of drug-likeness (QED) is 0.848. The molecule has 1 atom stereocenters. The number of nitrogens with two attached hydrogens (primary N) is 1. The first-order valence-electron chi connectivity index (χ1n) is 4.59. The normalized spacial score (nSPS) is 12.7. The topological polar surface area (TPSA) is 38.9 Å². The highest BCUT2D eigenvalue weighted by atomic mass is 32.1. The number of rotatable bonds is 2. The Morgan fingerprint density at radius 1 is 1.40 bits per heavy atom. The molecule has 0 aliphatic carbocycles. The molecule has 0 spiro atoms. The largest absolute Gasteiger partial charge is 0.319 e. The van der Waals surface area contributed by atoms with Crippen molar-refractivity contribution in [1.82, 2.24) is 4.98 Å². The molecule has 2 nitrogen and oxygen atoms in total. The molecule has 2 N–H and O–H groups in total. The second-order valence-electron chi connectivity index (χ2n) is 3.31. The van der Waals surface area contributed by atoms with E-state index >= 15 is 0 Å². The van der Waals surface area contributed by atoms with Gasteiger partial charge in [0, 0.05) is 4.88 Å². The summed E-state index contributed by atoms with van der Waals surface area (Å²) in [5.41, 5.74) is 7.78. The Bertz CT molecular complexity index is 450. The summed E-state index contributed by atoms with van der Waals surface area (Å²) in [6, 6.07) is 4.72. The van der Waals surface area contributed by atoms with Gasteiger partial charge >= 0.3 is 0 Å². The Balaban J connectivity index is 2.32. The van der Waals surface area contributed by atoms with E-state index in [1.807, 2.05) is 18.4 Å². The van der Waals surface area contributed by atoms with Crippen LogP contribution >= 0.6 is 11.3 Å². The van der Waals surface area contributed by atoms with Gasteiger partial charge in [0.2, 0.25) is 0 Å². The van der Waals surface area contributed by atoms with Crippen LogP contribution in [0.4, 0.5) is 4.39 Å². The Labute approximate surface area is 91.6 Å². The zero-order chi connectivity index (χ0) is 10.8. The van der Waals surface area contributed by atoms with Gasteiger partial charge in [-0.3, -0.25) is 4.98 Å². The van der Waals surface area contributed by atoms with Crippen molar-refractivity contribution >= 4 is 11.3 Å². The number of hydrogen-bond donors (Lipinski definition) is 1. The molecule has 0 fully saturated rings. The van der Waals surface area contributed by atoms with Crippen molar-refractivity contribution in [2.45, 2.75) is 13.0 Å². The van der Waals surface area contributed by atoms with Gasteiger partial charge in [-0.05, 0) is 36.1 Å². The van der Waals surface area contributed by atoms with E-state index in [1.165, 1.54) is 17.1 Å². The predicted molar refractivity (Wildman–Crippen MR) is 59.3 cm³/mol. The van der Waals surface area contributed by atoms with Gasteiger partial charge in [-0.1, -0.05) is 0 Å². The molecule has 0 bridgehead atoms. The van der Waals surface area contributed by atoms with E-state index in [2.05, 4.69) is 4.98 Å². The fourth-order valence-corrected chi connectivity index (χ4v) is 2.20. The lowest BCUT2D eigenvalue weighted by molar-refractivity contribution is 0.617. The van der Waals surface area contributed by atoms with Crippen LogP contribution in [0.1, 0.15) is 22.2 Å². The first kappa shape index (κ1) is 10.3. The molecule has 0 aliphatic rings. The van der Waals surface area contributed by atoms with Gasteiger partial charge in [0.05, 0.1) is 17.9 Å². The highest BCUT2D eigenvalue weighted by Crippen LogP contribution is 2.24. The van der Waals surface area contributed by atoms with Crippen molar-refractivity contribution in [3.05, 3.63) is 51.7 Å². The van der Waals surface area contributed by atoms with Crippen molar-refractivity contribution in [3.8, 4) is 0 Å². The number of aryl methyl sites for hydroxylation is 1. The molecule has 0 saturated carbocycles. The molecule has 78 valence electrons. The molecular weight excluding hydrogens is 211 g/mol. The highest BCUT2D eigenvalue weighted by molar-refractivity contribution is 7.10. The zero-order valence-corrected chi connectivity index (χ0v) is 9.09. The van der Waals surface area contributed by atoms with E-state index in [4.69, 9.17) is 5.73 Å². The van der Waals surface area contributed by atoms with E-state index in [0.717, 1.165) is 5.56 Å². The van der Waals surface area contributed by atoms with Crippen LogP contribution in [-0.4, -0.2) is 4.98 Å². The monoisotopic (exact) mass is 222 g/mol. The summed E-state index contributed by atoms with van der Waals surface area (Å²) in [5, 5.41) is 1.99. The molecule has 15 heavy (non-hydrogen) atoms. The van der Waals surface area contributed by atoms with Crippen LogP contribution in [0.15, 0.2) is 29.8 Å². The molecule has 2 aromatic rings. The van der Waals surface area contributed by atoms with Gasteiger partial charge in [0.1, 0.15) is 5.82 Å². The second-order valence-corrected chi connectivity index (χ2v) is 4.43. The Morgan fingerprint density at radius 2 is 2.20 bits per heavy atom. The van der Waals surface area contributed by atoms with E-state index < -0.39 is 0 Å². The first-order valence-corrected chi connectivity index (χ1v) is 5.47. The molecule has 0 aliphatic heterocycles. The third-order valence-corrected chi connectivity index (χ3v) is 3.16. The number of halogens is 1. The Kier molecular flexibility index (Phi) is 2.79. The maximum Gasteiger partial charge on any atom is 0.141 e. The lowest BCUT2D eigenvalue weighted by Gasteiger charge is -2.10. The summed E-state index contributed by atoms with van der Waals surface area (Å²) in [6.45, 7) is 2.02. The minimum atomic E-state index is -0.340. The van der Waals surface area contributed by atoms with Crippen molar-refractivity contribution < 1.29 is 4.39 Å². The molecule has 0 aromatic carbocycles. The van der Waals surface area contributed by atoms with Crippen LogP contribution in [0.5, 0.6) is 0 Å². The van der Waals surface area contributed by atoms with Crippen LogP contribution in [-0.2, 0) is 0 Å². The van der Waals surface area contributed by atoms with Crippen LogP contribution in [0.2, 0.25) is 0 Å². The lowest BCUT2D eigenvalue weighted by Crippen LogP contribution is -2.13. The standard InChI is InChI=1S/C11H11FN2S/c1-7-9(4-5-15-7)11(13)10-3-2-8(12)6-14-10/h2-6,11H,13H2,1H3. The zero-order valence-electron chi connectivity index (χ0n) is 8.27. The third-order valence-electron chi connectivity index (χ3n) is 2.30. The second kappa shape index (κ2) is 4.08. The van der Waals surface area contributed by atoms with Gasteiger partial charge in [0.15, 0.2) is 0 Å². The van der Waals surface area contributed by atoms with Crippen molar-refractivity contribution in [2.24, 2.45) is 5.73 Å². The molecular formula is C11H11FN2S. The summed E-state index contributed by atoms with van der Waals surface area (Å²) < 4.78 is 12.7. The molecule has 2 aromatic heterocycles. The summed E-state index contributed by atoms with van der Waals surface area (Å²) in [6.07, 6.45) is 1.19. The average molecular weight is 222 g/mol. The average Bonchev–Trinajstić information content (AvgIpc) is 2.65. The smallest absolute Gasteiger partial charge is 0.141 e. The molecule has 0 amide bonds. The van der Waals surface area contributed by atoms with Gasteiger partial charge < -0.3 is 5.73 Å². The molecule has 0 saturated heterocycles. The van der Waals surface area contributed by atoms with Gasteiger partial charge in [-0.25, -0.2) is 4.39 Å². The van der Waals surface area contributed by atoms with Crippen LogP contribution < -0.4 is 5.73 Å². The number of hydrogen-bond acceptors (Lipinski definition) is 3. The summed E-state index contributed by atoms with van der Waals surface area (Å²) in [5.74, 6) is -0.340. The van der Waals surface area contributed by atoms with Crippen molar-refractivity contribution in [3.63, 3.8) is 0 Å². The first-order chi connectivity index (χ1) is 7.18. The van der Waals surface area contributed by atoms with Gasteiger partial charge in [-0.2, -0.15) is 0 Å². The molecule has 2 heterocycles. The number of thiophene rings is 1. The summed E-state index contributed by atoms with van der Waals surface area (Å²) >= 11 is 1.65. The predicted octanol–water partition coefficient (Wildman–Crippen LogP) is 2.64. The lowest BCUT2D eigenvalue weighted by atomic mass is 10.1. The Morgan fingerprint density at radius 3 is 2.73 bits per heavy atom. The minimum absolute atomic E-state index is 0.267. The highest BCUT2D eigenvalue weighted by Gasteiger charge is 2.13. The van der Waals surface area contributed by atoms with Crippen LogP contribution in [0.3, 0.4) is 0 Å². The number of aromatic nitrogens is 1. The number of pyridine rings is 1. The van der Waals surface area contributed by atoms with Crippen molar-refractivity contribution in [2.75, 3.05) is 0 Å². The van der Waals surface area contributed by atoms with Gasteiger partial charge in [0.25, 0.3) is 0 Å². The summed E-state index contributed by atoms with van der Waals surface area (Å²) in [7, 11) is 0. The van der Waals surface area contributed by atoms with E-state index in [-0.39, 0.29) is 11.9 Å². The van der Waals surface area contributed by atoms with E-state index in [0.29, 0.717) is 5.69 Å². The molecule has 4 heteroatoms. The third kappa shape index (κ3) is 2.06. The fraction of sp³-hybridized carbons (Fsp3) is 0.182. The number of nitrogens with zero attached hydrogens (tertiary/aromatic N) is 1. The van der Waals surface area contributed by atoms with Crippen molar-refractivity contribution in [1.29, 1.82) is 0 Å². The fourth-order valence-electron chi connectivity index (χ4n) is 1.45. The maximum atomic E-state index is 12.7. The maximum absolute atomic E-state index is 12.7. The molecule has 2 rings (SSSR count). The minimum Gasteiger partial charge on any atom is -0.319 e. The van der Waals surface area contributed by atoms with E-state index in [1.54, 1.807) is 17.4 Å².